The number of hydrogen-bond acceptors (Lipinski definition) is 4. The summed E-state index contributed by atoms with van der Waals surface area (Å²) in [6, 6.07) is 16.6. The second-order valence-electron chi connectivity index (χ2n) is 8.91. The number of anilines is 1. The maximum absolute atomic E-state index is 13.3. The smallest absolute Gasteiger partial charge is 0.322 e. The Hall–Kier alpha value is -4.33. The van der Waals surface area contributed by atoms with Gasteiger partial charge in [-0.15, -0.1) is 0 Å². The van der Waals surface area contributed by atoms with Crippen LogP contribution in [0.2, 0.25) is 0 Å². The van der Waals surface area contributed by atoms with E-state index >= 15 is 0 Å². The molecule has 0 atom stereocenters. The quantitative estimate of drug-likeness (QED) is 0.329. The molecule has 0 spiro atoms. The molecule has 0 unspecified atom stereocenters. The summed E-state index contributed by atoms with van der Waals surface area (Å²) in [6.45, 7) is 4.36. The van der Waals surface area contributed by atoms with Gasteiger partial charge in [0.15, 0.2) is 11.5 Å². The van der Waals surface area contributed by atoms with Crippen molar-refractivity contribution in [2.75, 3.05) is 26.1 Å². The fourth-order valence-corrected chi connectivity index (χ4v) is 4.23. The number of hydrogen-bond donors (Lipinski definition) is 2. The number of carbonyl (C=O) groups excluding carboxylic acids is 1. The van der Waals surface area contributed by atoms with Gasteiger partial charge in [-0.25, -0.2) is 9.18 Å². The van der Waals surface area contributed by atoms with E-state index in [-0.39, 0.29) is 12.1 Å². The Morgan fingerprint density at radius 1 is 0.946 bits per heavy atom. The van der Waals surface area contributed by atoms with E-state index in [1.54, 1.807) is 19.1 Å². The summed E-state index contributed by atoms with van der Waals surface area (Å²) in [7, 11) is 3.14. The topological polar surface area (TPSA) is 83.7 Å². The highest BCUT2D eigenvalue weighted by Crippen LogP contribution is 2.28. The lowest BCUT2D eigenvalue weighted by molar-refractivity contribution is 0.209. The molecule has 0 radical (unpaired) electrons. The second-order valence-corrected chi connectivity index (χ2v) is 8.91. The number of fused-ring (bicyclic) bond motifs is 1. The van der Waals surface area contributed by atoms with Crippen LogP contribution in [0.1, 0.15) is 22.3 Å². The van der Waals surface area contributed by atoms with Crippen molar-refractivity contribution in [3.8, 4) is 11.5 Å². The van der Waals surface area contributed by atoms with Gasteiger partial charge in [0, 0.05) is 23.2 Å². The Morgan fingerprint density at radius 3 is 2.35 bits per heavy atom. The van der Waals surface area contributed by atoms with Crippen LogP contribution in [0.25, 0.3) is 10.9 Å². The SMILES string of the molecule is COc1ccc(CCN(Cc2cc3c(C)ccc(C)c3[nH]c2=O)C(=O)Nc2ccc(F)cc2)cc1OC. The van der Waals surface area contributed by atoms with Gasteiger partial charge in [0.1, 0.15) is 5.82 Å². The molecule has 192 valence electrons. The molecule has 0 saturated heterocycles. The fourth-order valence-electron chi connectivity index (χ4n) is 4.23. The highest BCUT2D eigenvalue weighted by molar-refractivity contribution is 5.89. The van der Waals surface area contributed by atoms with Crippen LogP contribution in [0, 0.1) is 19.7 Å². The van der Waals surface area contributed by atoms with E-state index in [0.717, 1.165) is 27.6 Å². The van der Waals surface area contributed by atoms with E-state index in [0.29, 0.717) is 35.7 Å². The Balaban J connectivity index is 1.63. The largest absolute Gasteiger partial charge is 0.493 e. The first-order valence-electron chi connectivity index (χ1n) is 11.9. The summed E-state index contributed by atoms with van der Waals surface area (Å²) >= 11 is 0. The van der Waals surface area contributed by atoms with Crippen LogP contribution in [0.15, 0.2) is 65.5 Å². The standard InChI is InChI=1S/C29H30FN3O4/c1-18-5-6-19(2)27-24(18)16-21(28(34)32-27)17-33(29(35)31-23-10-8-22(30)9-11-23)14-13-20-7-12-25(36-3)26(15-20)37-4/h5-12,15-16H,13-14,17H2,1-4H3,(H,31,35)(H,32,34). The molecule has 0 aliphatic heterocycles. The average Bonchev–Trinajstić information content (AvgIpc) is 2.90. The monoisotopic (exact) mass is 503 g/mol. The molecule has 37 heavy (non-hydrogen) atoms. The minimum Gasteiger partial charge on any atom is -0.493 e. The number of amides is 2. The zero-order valence-corrected chi connectivity index (χ0v) is 21.4. The Morgan fingerprint density at radius 2 is 1.65 bits per heavy atom. The summed E-state index contributed by atoms with van der Waals surface area (Å²) in [5, 5.41) is 3.75. The minimum atomic E-state index is -0.396. The molecule has 3 aromatic carbocycles. The van der Waals surface area contributed by atoms with Gasteiger partial charge in [-0.05, 0) is 79.4 Å². The van der Waals surface area contributed by atoms with Crippen LogP contribution in [-0.4, -0.2) is 36.7 Å². The van der Waals surface area contributed by atoms with E-state index in [1.165, 1.54) is 24.3 Å². The predicted molar refractivity (Wildman–Crippen MR) is 143 cm³/mol. The Labute approximate surface area is 214 Å². The molecule has 7 nitrogen and oxygen atoms in total. The number of benzene rings is 3. The number of aryl methyl sites for hydroxylation is 2. The number of halogens is 1. The molecule has 1 heterocycles. The third kappa shape index (κ3) is 5.91. The first-order valence-corrected chi connectivity index (χ1v) is 11.9. The molecule has 2 amide bonds. The maximum Gasteiger partial charge on any atom is 0.322 e. The average molecular weight is 504 g/mol. The van der Waals surface area contributed by atoms with Gasteiger partial charge in [0.05, 0.1) is 26.3 Å². The van der Waals surface area contributed by atoms with Gasteiger partial charge < -0.3 is 24.7 Å². The summed E-state index contributed by atoms with van der Waals surface area (Å²) < 4.78 is 24.1. The van der Waals surface area contributed by atoms with Gasteiger partial charge in [-0.1, -0.05) is 18.2 Å². The van der Waals surface area contributed by atoms with E-state index in [9.17, 15) is 14.0 Å². The Kier molecular flexibility index (Phi) is 7.77. The van der Waals surface area contributed by atoms with Crippen LogP contribution < -0.4 is 20.3 Å². The first kappa shape index (κ1) is 25.8. The molecule has 0 saturated carbocycles. The third-order valence-electron chi connectivity index (χ3n) is 6.38. The van der Waals surface area contributed by atoms with Crippen molar-refractivity contribution in [3.05, 3.63) is 99.1 Å². The van der Waals surface area contributed by atoms with E-state index in [1.807, 2.05) is 50.2 Å². The Bertz CT molecular complexity index is 1480. The van der Waals surface area contributed by atoms with Gasteiger partial charge in [-0.3, -0.25) is 4.79 Å². The molecular formula is C29H30FN3O4. The number of aromatic nitrogens is 1. The number of rotatable bonds is 8. The molecule has 0 bridgehead atoms. The number of carbonyl (C=O) groups is 1. The van der Waals surface area contributed by atoms with Crippen LogP contribution in [-0.2, 0) is 13.0 Å². The van der Waals surface area contributed by atoms with E-state index in [4.69, 9.17) is 9.47 Å². The molecule has 2 N–H and O–H groups in total. The van der Waals surface area contributed by atoms with Crippen LogP contribution in [0.5, 0.6) is 11.5 Å². The summed E-state index contributed by atoms with van der Waals surface area (Å²) in [4.78, 5) is 30.9. The van der Waals surface area contributed by atoms with Gasteiger partial charge in [-0.2, -0.15) is 0 Å². The van der Waals surface area contributed by atoms with Crippen molar-refractivity contribution in [3.63, 3.8) is 0 Å². The number of methoxy groups -OCH3 is 2. The van der Waals surface area contributed by atoms with Gasteiger partial charge in [0.25, 0.3) is 5.56 Å². The molecular weight excluding hydrogens is 473 g/mol. The summed E-state index contributed by atoms with van der Waals surface area (Å²) in [5.41, 5.74) is 4.43. The van der Waals surface area contributed by atoms with Crippen LogP contribution in [0.3, 0.4) is 0 Å². The van der Waals surface area contributed by atoms with Crippen LogP contribution in [0.4, 0.5) is 14.9 Å². The zero-order chi connectivity index (χ0) is 26.5. The minimum absolute atomic E-state index is 0.0962. The molecule has 0 aliphatic rings. The molecule has 4 aromatic rings. The summed E-state index contributed by atoms with van der Waals surface area (Å²) in [6.07, 6.45) is 0.515. The molecule has 1 aromatic heterocycles. The van der Waals surface area contributed by atoms with E-state index < -0.39 is 11.8 Å². The van der Waals surface area contributed by atoms with Crippen molar-refractivity contribution in [2.45, 2.75) is 26.8 Å². The lowest BCUT2D eigenvalue weighted by Gasteiger charge is -2.24. The number of urea groups is 1. The number of H-pyrrole nitrogens is 1. The molecule has 8 heteroatoms. The number of nitrogens with one attached hydrogen (secondary N) is 2. The number of ether oxygens (including phenoxy) is 2. The number of nitrogens with zero attached hydrogens (tertiary/aromatic N) is 1. The third-order valence-corrected chi connectivity index (χ3v) is 6.38. The predicted octanol–water partition coefficient (Wildman–Crippen LogP) is 5.58. The second kappa shape index (κ2) is 11.2. The number of pyridine rings is 1. The molecule has 4 rings (SSSR count). The highest BCUT2D eigenvalue weighted by atomic mass is 19.1. The van der Waals surface area contributed by atoms with Crippen molar-refractivity contribution in [1.82, 2.24) is 9.88 Å². The van der Waals surface area contributed by atoms with Crippen molar-refractivity contribution in [2.24, 2.45) is 0 Å². The summed E-state index contributed by atoms with van der Waals surface area (Å²) in [5.74, 6) is 0.821. The molecule has 0 fully saturated rings. The normalized spacial score (nSPS) is 10.8. The van der Waals surface area contributed by atoms with Gasteiger partial charge in [0.2, 0.25) is 0 Å². The lowest BCUT2D eigenvalue weighted by atomic mass is 10.0. The van der Waals surface area contributed by atoms with Crippen molar-refractivity contribution >= 4 is 22.6 Å². The fraction of sp³-hybridized carbons (Fsp3) is 0.241. The highest BCUT2D eigenvalue weighted by Gasteiger charge is 2.18. The molecule has 0 aliphatic carbocycles. The van der Waals surface area contributed by atoms with E-state index in [2.05, 4.69) is 10.3 Å². The first-order chi connectivity index (χ1) is 17.8. The lowest BCUT2D eigenvalue weighted by Crippen LogP contribution is -2.37. The van der Waals surface area contributed by atoms with Crippen LogP contribution >= 0.6 is 0 Å². The number of aromatic amines is 1. The van der Waals surface area contributed by atoms with Crippen molar-refractivity contribution < 1.29 is 18.7 Å². The van der Waals surface area contributed by atoms with Crippen molar-refractivity contribution in [1.29, 1.82) is 0 Å². The zero-order valence-electron chi connectivity index (χ0n) is 21.4. The maximum atomic E-state index is 13.3. The van der Waals surface area contributed by atoms with Gasteiger partial charge >= 0.3 is 6.03 Å².